The van der Waals surface area contributed by atoms with Crippen LogP contribution < -0.4 is 14.8 Å². The number of halogens is 1. The average Bonchev–Trinajstić information content (AvgIpc) is 2.92. The number of hydrogen-bond acceptors (Lipinski definition) is 4. The number of benzene rings is 1. The van der Waals surface area contributed by atoms with E-state index < -0.39 is 0 Å². The van der Waals surface area contributed by atoms with Crippen molar-refractivity contribution >= 4 is 17.3 Å². The Hall–Kier alpha value is -1.94. The van der Waals surface area contributed by atoms with E-state index in [9.17, 15) is 0 Å². The van der Waals surface area contributed by atoms with Crippen LogP contribution >= 0.6 is 11.6 Å². The van der Waals surface area contributed by atoms with Gasteiger partial charge in [0.1, 0.15) is 5.15 Å². The van der Waals surface area contributed by atoms with Gasteiger partial charge in [0.2, 0.25) is 6.79 Å². The molecule has 0 saturated heterocycles. The first-order chi connectivity index (χ1) is 10.2. The molecule has 1 aromatic carbocycles. The fourth-order valence-electron chi connectivity index (χ4n) is 2.33. The van der Waals surface area contributed by atoms with Gasteiger partial charge in [0, 0.05) is 17.9 Å². The zero-order valence-electron chi connectivity index (χ0n) is 11.8. The van der Waals surface area contributed by atoms with Crippen molar-refractivity contribution in [3.63, 3.8) is 0 Å². The second kappa shape index (κ2) is 6.22. The van der Waals surface area contributed by atoms with E-state index in [1.165, 1.54) is 5.56 Å². The Morgan fingerprint density at radius 2 is 2.10 bits per heavy atom. The highest BCUT2D eigenvalue weighted by Gasteiger charge is 2.13. The van der Waals surface area contributed by atoms with Crippen molar-refractivity contribution in [2.45, 2.75) is 25.8 Å². The summed E-state index contributed by atoms with van der Waals surface area (Å²) in [5.74, 6) is 1.67. The summed E-state index contributed by atoms with van der Waals surface area (Å²) >= 11 is 5.88. The lowest BCUT2D eigenvalue weighted by atomic mass is 10.1. The summed E-state index contributed by atoms with van der Waals surface area (Å²) in [4.78, 5) is 3.97. The summed E-state index contributed by atoms with van der Waals surface area (Å²) in [5.41, 5.74) is 2.24. The van der Waals surface area contributed by atoms with Gasteiger partial charge in [-0.15, -0.1) is 0 Å². The minimum atomic E-state index is 0.319. The van der Waals surface area contributed by atoms with E-state index in [0.29, 0.717) is 18.0 Å². The molecule has 0 radical (unpaired) electrons. The van der Waals surface area contributed by atoms with E-state index in [0.717, 1.165) is 30.0 Å². The highest BCUT2D eigenvalue weighted by Crippen LogP contribution is 2.32. The van der Waals surface area contributed by atoms with Gasteiger partial charge in [-0.3, -0.25) is 0 Å². The highest BCUT2D eigenvalue weighted by molar-refractivity contribution is 6.29. The van der Waals surface area contributed by atoms with E-state index in [2.05, 4.69) is 29.4 Å². The van der Waals surface area contributed by atoms with E-state index in [1.807, 2.05) is 18.2 Å². The second-order valence-electron chi connectivity index (χ2n) is 5.14. The van der Waals surface area contributed by atoms with Crippen LogP contribution in [0.1, 0.15) is 18.9 Å². The standard InChI is InChI=1S/C16H17ClN2O2/c1-11(19-13-6-7-18-16(17)9-13)2-3-12-4-5-14-15(8-12)21-10-20-14/h4-9,11H,2-3,10H2,1H3,(H,18,19). The maximum absolute atomic E-state index is 5.88. The van der Waals surface area contributed by atoms with Gasteiger partial charge in [0.15, 0.2) is 11.5 Å². The number of fused-ring (bicyclic) bond motifs is 1. The third-order valence-corrected chi connectivity index (χ3v) is 3.65. The molecule has 2 heterocycles. The highest BCUT2D eigenvalue weighted by atomic mass is 35.5. The van der Waals surface area contributed by atoms with E-state index in [-0.39, 0.29) is 0 Å². The molecule has 3 rings (SSSR count). The first kappa shape index (κ1) is 14.0. The molecular formula is C16H17ClN2O2. The third kappa shape index (κ3) is 3.58. The van der Waals surface area contributed by atoms with Gasteiger partial charge in [0.25, 0.3) is 0 Å². The van der Waals surface area contributed by atoms with Crippen LogP contribution in [-0.4, -0.2) is 17.8 Å². The van der Waals surface area contributed by atoms with Crippen molar-refractivity contribution in [3.05, 3.63) is 47.2 Å². The molecule has 0 spiro atoms. The van der Waals surface area contributed by atoms with Crippen LogP contribution in [0.2, 0.25) is 5.15 Å². The van der Waals surface area contributed by atoms with Gasteiger partial charge < -0.3 is 14.8 Å². The van der Waals surface area contributed by atoms with Crippen LogP contribution in [0.4, 0.5) is 5.69 Å². The molecule has 0 amide bonds. The number of pyridine rings is 1. The van der Waals surface area contributed by atoms with Gasteiger partial charge in [-0.1, -0.05) is 17.7 Å². The average molecular weight is 305 g/mol. The predicted octanol–water partition coefficient (Wildman–Crippen LogP) is 3.90. The summed E-state index contributed by atoms with van der Waals surface area (Å²) in [7, 11) is 0. The predicted molar refractivity (Wildman–Crippen MR) is 83.2 cm³/mol. The van der Waals surface area contributed by atoms with Gasteiger partial charge in [0.05, 0.1) is 0 Å². The van der Waals surface area contributed by atoms with E-state index in [1.54, 1.807) is 6.20 Å². The number of ether oxygens (including phenoxy) is 2. The second-order valence-corrected chi connectivity index (χ2v) is 5.53. The monoisotopic (exact) mass is 304 g/mol. The Kier molecular flexibility index (Phi) is 4.15. The molecule has 0 aliphatic carbocycles. The van der Waals surface area contributed by atoms with Gasteiger partial charge in [-0.2, -0.15) is 0 Å². The number of nitrogens with zero attached hydrogens (tertiary/aromatic N) is 1. The zero-order valence-corrected chi connectivity index (χ0v) is 12.6. The SMILES string of the molecule is CC(CCc1ccc2c(c1)OCO2)Nc1ccnc(Cl)c1. The Balaban J connectivity index is 1.55. The lowest BCUT2D eigenvalue weighted by molar-refractivity contribution is 0.174. The largest absolute Gasteiger partial charge is 0.454 e. The van der Waals surface area contributed by atoms with Crippen molar-refractivity contribution in [1.29, 1.82) is 0 Å². The smallest absolute Gasteiger partial charge is 0.231 e. The molecule has 1 atom stereocenters. The molecule has 1 unspecified atom stereocenters. The topological polar surface area (TPSA) is 43.4 Å². The summed E-state index contributed by atoms with van der Waals surface area (Å²) in [6.07, 6.45) is 3.69. The van der Waals surface area contributed by atoms with Crippen LogP contribution in [-0.2, 0) is 6.42 Å². The Morgan fingerprint density at radius 3 is 2.95 bits per heavy atom. The molecule has 110 valence electrons. The van der Waals surface area contributed by atoms with Crippen molar-refractivity contribution in [2.75, 3.05) is 12.1 Å². The molecular weight excluding hydrogens is 288 g/mol. The molecule has 1 N–H and O–H groups in total. The molecule has 4 nitrogen and oxygen atoms in total. The molecule has 1 aliphatic heterocycles. The van der Waals surface area contributed by atoms with E-state index >= 15 is 0 Å². The fourth-order valence-corrected chi connectivity index (χ4v) is 2.50. The number of aryl methyl sites for hydroxylation is 1. The minimum Gasteiger partial charge on any atom is -0.454 e. The molecule has 5 heteroatoms. The molecule has 0 fully saturated rings. The summed E-state index contributed by atoms with van der Waals surface area (Å²) in [5, 5.41) is 3.93. The minimum absolute atomic E-state index is 0.319. The molecule has 2 aromatic rings. The lowest BCUT2D eigenvalue weighted by Crippen LogP contribution is -2.16. The number of hydrogen-bond donors (Lipinski definition) is 1. The van der Waals surface area contributed by atoms with Crippen LogP contribution in [0.15, 0.2) is 36.5 Å². The van der Waals surface area contributed by atoms with Crippen LogP contribution in [0, 0.1) is 0 Å². The number of rotatable bonds is 5. The van der Waals surface area contributed by atoms with Gasteiger partial charge in [-0.05, 0) is 49.6 Å². The summed E-state index contributed by atoms with van der Waals surface area (Å²) < 4.78 is 10.7. The summed E-state index contributed by atoms with van der Waals surface area (Å²) in [6, 6.07) is 10.2. The first-order valence-corrected chi connectivity index (χ1v) is 7.35. The van der Waals surface area contributed by atoms with Crippen LogP contribution in [0.3, 0.4) is 0 Å². The molecule has 21 heavy (non-hydrogen) atoms. The van der Waals surface area contributed by atoms with Crippen molar-refractivity contribution in [1.82, 2.24) is 4.98 Å². The maximum atomic E-state index is 5.88. The Bertz CT molecular complexity index is 633. The van der Waals surface area contributed by atoms with Crippen LogP contribution in [0.5, 0.6) is 11.5 Å². The molecule has 1 aliphatic rings. The molecule has 0 saturated carbocycles. The lowest BCUT2D eigenvalue weighted by Gasteiger charge is -2.15. The maximum Gasteiger partial charge on any atom is 0.231 e. The number of anilines is 1. The summed E-state index contributed by atoms with van der Waals surface area (Å²) in [6.45, 7) is 2.47. The van der Waals surface area contributed by atoms with E-state index in [4.69, 9.17) is 21.1 Å². The van der Waals surface area contributed by atoms with Crippen molar-refractivity contribution in [3.8, 4) is 11.5 Å². The number of nitrogens with one attached hydrogen (secondary N) is 1. The zero-order chi connectivity index (χ0) is 14.7. The number of aromatic nitrogens is 1. The Morgan fingerprint density at radius 1 is 1.24 bits per heavy atom. The molecule has 0 bridgehead atoms. The first-order valence-electron chi connectivity index (χ1n) is 6.97. The van der Waals surface area contributed by atoms with Crippen LogP contribution in [0.25, 0.3) is 0 Å². The van der Waals surface area contributed by atoms with Crippen molar-refractivity contribution in [2.24, 2.45) is 0 Å². The quantitative estimate of drug-likeness (QED) is 0.851. The van der Waals surface area contributed by atoms with Gasteiger partial charge >= 0.3 is 0 Å². The normalized spacial score (nSPS) is 14.0. The Labute approximate surface area is 129 Å². The van der Waals surface area contributed by atoms with Gasteiger partial charge in [-0.25, -0.2) is 4.98 Å². The van der Waals surface area contributed by atoms with Crippen molar-refractivity contribution < 1.29 is 9.47 Å². The fraction of sp³-hybridized carbons (Fsp3) is 0.312. The third-order valence-electron chi connectivity index (χ3n) is 3.44. The molecule has 1 aromatic heterocycles.